The summed E-state index contributed by atoms with van der Waals surface area (Å²) in [6.45, 7) is 5.96. The van der Waals surface area contributed by atoms with Gasteiger partial charge in [0, 0.05) is 10.6 Å². The van der Waals surface area contributed by atoms with Gasteiger partial charge in [-0.3, -0.25) is 0 Å². The average Bonchev–Trinajstić information content (AvgIpc) is 2.32. The Morgan fingerprint density at radius 1 is 1.11 bits per heavy atom. The van der Waals surface area contributed by atoms with Crippen molar-refractivity contribution in [2.45, 2.75) is 30.7 Å². The molecule has 0 unspecified atom stereocenters. The Kier molecular flexibility index (Phi) is 3.69. The van der Waals surface area contributed by atoms with Gasteiger partial charge >= 0.3 is 0 Å². The molecule has 2 nitrogen and oxygen atoms in total. The average molecular weight is 254 g/mol. The second kappa shape index (κ2) is 5.24. The largest absolute Gasteiger partial charge is 0.245 e. The number of benzene rings is 1. The lowest BCUT2D eigenvalue weighted by Crippen LogP contribution is -1.94. The van der Waals surface area contributed by atoms with Crippen LogP contribution in [0.3, 0.4) is 0 Å². The zero-order valence-corrected chi connectivity index (χ0v) is 11.5. The van der Waals surface area contributed by atoms with Crippen LogP contribution >= 0.6 is 11.8 Å². The Labute approximate surface area is 112 Å². The maximum atomic E-state index is 9.21. The summed E-state index contributed by atoms with van der Waals surface area (Å²) in [5.41, 5.74) is 3.83. The summed E-state index contributed by atoms with van der Waals surface area (Å²) >= 11 is 1.54. The van der Waals surface area contributed by atoms with E-state index < -0.39 is 0 Å². The van der Waals surface area contributed by atoms with Gasteiger partial charge < -0.3 is 0 Å². The molecule has 0 saturated heterocycles. The molecule has 0 fully saturated rings. The minimum Gasteiger partial charge on any atom is -0.245 e. The molecule has 0 amide bonds. The highest BCUT2D eigenvalue weighted by Gasteiger charge is 2.09. The molecule has 0 aliphatic carbocycles. The van der Waals surface area contributed by atoms with Gasteiger partial charge in [-0.25, -0.2) is 4.98 Å². The van der Waals surface area contributed by atoms with Crippen LogP contribution in [0.25, 0.3) is 0 Å². The van der Waals surface area contributed by atoms with Crippen LogP contribution in [0.1, 0.15) is 22.4 Å². The van der Waals surface area contributed by atoms with Gasteiger partial charge in [0.1, 0.15) is 11.1 Å². The lowest BCUT2D eigenvalue weighted by Gasteiger charge is -2.07. The fourth-order valence-corrected chi connectivity index (χ4v) is 2.72. The Morgan fingerprint density at radius 3 is 2.39 bits per heavy atom. The molecule has 2 aromatic rings. The summed E-state index contributed by atoms with van der Waals surface area (Å²) in [5, 5.41) is 10.00. The smallest absolute Gasteiger partial charge is 0.119 e. The SMILES string of the molecule is Cc1ccc(Sc2nc(C)cc(C)c2C#N)cc1. The van der Waals surface area contributed by atoms with Crippen LogP contribution in [0.4, 0.5) is 0 Å². The highest BCUT2D eigenvalue weighted by atomic mass is 32.2. The highest BCUT2D eigenvalue weighted by molar-refractivity contribution is 7.99. The van der Waals surface area contributed by atoms with Crippen LogP contribution in [-0.2, 0) is 0 Å². The van der Waals surface area contributed by atoms with E-state index in [-0.39, 0.29) is 0 Å². The number of rotatable bonds is 2. The first-order valence-corrected chi connectivity index (χ1v) is 6.54. The molecular formula is C15H14N2S. The molecule has 0 atom stereocenters. The molecule has 1 aromatic heterocycles. The summed E-state index contributed by atoms with van der Waals surface area (Å²) in [4.78, 5) is 5.57. The molecular weight excluding hydrogens is 240 g/mol. The summed E-state index contributed by atoms with van der Waals surface area (Å²) in [7, 11) is 0. The van der Waals surface area contributed by atoms with Gasteiger partial charge in [0.25, 0.3) is 0 Å². The number of nitrogens with zero attached hydrogens (tertiary/aromatic N) is 2. The maximum Gasteiger partial charge on any atom is 0.119 e. The lowest BCUT2D eigenvalue weighted by atomic mass is 10.1. The molecule has 18 heavy (non-hydrogen) atoms. The van der Waals surface area contributed by atoms with Gasteiger partial charge in [-0.2, -0.15) is 5.26 Å². The first-order valence-electron chi connectivity index (χ1n) is 5.73. The molecule has 0 radical (unpaired) electrons. The molecule has 90 valence electrons. The summed E-state index contributed by atoms with van der Waals surface area (Å²) < 4.78 is 0. The van der Waals surface area contributed by atoms with E-state index in [4.69, 9.17) is 0 Å². The molecule has 0 spiro atoms. The molecule has 0 saturated carbocycles. The topological polar surface area (TPSA) is 36.7 Å². The molecule has 0 N–H and O–H groups in total. The molecule has 0 bridgehead atoms. The molecule has 2 rings (SSSR count). The zero-order valence-electron chi connectivity index (χ0n) is 10.7. The van der Waals surface area contributed by atoms with Crippen molar-refractivity contribution >= 4 is 11.8 Å². The first kappa shape index (κ1) is 12.7. The fourth-order valence-electron chi connectivity index (χ4n) is 1.73. The van der Waals surface area contributed by atoms with Gasteiger partial charge in [-0.15, -0.1) is 0 Å². The third-order valence-corrected chi connectivity index (χ3v) is 3.66. The van der Waals surface area contributed by atoms with E-state index in [2.05, 4.69) is 42.2 Å². The quantitative estimate of drug-likeness (QED) is 0.812. The van der Waals surface area contributed by atoms with E-state index in [0.29, 0.717) is 5.56 Å². The normalized spacial score (nSPS) is 10.1. The predicted octanol–water partition coefficient (Wildman–Crippen LogP) is 4.03. The van der Waals surface area contributed by atoms with Crippen molar-refractivity contribution in [2.24, 2.45) is 0 Å². The molecule has 1 heterocycles. The first-order chi connectivity index (χ1) is 8.60. The van der Waals surface area contributed by atoms with Gasteiger partial charge in [0.2, 0.25) is 0 Å². The number of aryl methyl sites for hydroxylation is 3. The number of hydrogen-bond acceptors (Lipinski definition) is 3. The second-order valence-corrected chi connectivity index (χ2v) is 5.35. The van der Waals surface area contributed by atoms with Crippen LogP contribution in [0.5, 0.6) is 0 Å². The van der Waals surface area contributed by atoms with Gasteiger partial charge in [-0.1, -0.05) is 29.5 Å². The number of hydrogen-bond donors (Lipinski definition) is 0. The Hall–Kier alpha value is -1.79. The van der Waals surface area contributed by atoms with E-state index in [1.54, 1.807) is 11.8 Å². The van der Waals surface area contributed by atoms with Gasteiger partial charge in [-0.05, 0) is 44.5 Å². The van der Waals surface area contributed by atoms with Gasteiger partial charge in [0.05, 0.1) is 5.56 Å². The van der Waals surface area contributed by atoms with Crippen molar-refractivity contribution in [3.05, 3.63) is 52.7 Å². The van der Waals surface area contributed by atoms with Crippen molar-refractivity contribution in [2.75, 3.05) is 0 Å². The third-order valence-electron chi connectivity index (χ3n) is 2.66. The Balaban J connectivity index is 2.40. The number of pyridine rings is 1. The van der Waals surface area contributed by atoms with Crippen LogP contribution in [-0.4, -0.2) is 4.98 Å². The zero-order chi connectivity index (χ0) is 13.1. The number of aromatic nitrogens is 1. The monoisotopic (exact) mass is 254 g/mol. The van der Waals surface area contributed by atoms with E-state index in [1.165, 1.54) is 5.56 Å². The van der Waals surface area contributed by atoms with Crippen LogP contribution < -0.4 is 0 Å². The van der Waals surface area contributed by atoms with Crippen molar-refractivity contribution in [3.63, 3.8) is 0 Å². The van der Waals surface area contributed by atoms with Crippen molar-refractivity contribution in [1.29, 1.82) is 5.26 Å². The van der Waals surface area contributed by atoms with E-state index in [9.17, 15) is 5.26 Å². The molecule has 0 aliphatic heterocycles. The van der Waals surface area contributed by atoms with E-state index >= 15 is 0 Å². The standard InChI is InChI=1S/C15H14N2S/c1-10-4-6-13(7-5-10)18-15-14(9-16)11(2)8-12(3)17-15/h4-8H,1-3H3. The van der Waals surface area contributed by atoms with Crippen LogP contribution in [0.15, 0.2) is 40.3 Å². The highest BCUT2D eigenvalue weighted by Crippen LogP contribution is 2.30. The third kappa shape index (κ3) is 2.72. The Bertz CT molecular complexity index is 610. The summed E-state index contributed by atoms with van der Waals surface area (Å²) in [6.07, 6.45) is 0. The molecule has 1 aromatic carbocycles. The van der Waals surface area contributed by atoms with Crippen LogP contribution in [0, 0.1) is 32.1 Å². The number of nitriles is 1. The summed E-state index contributed by atoms with van der Waals surface area (Å²) in [6, 6.07) is 12.4. The fraction of sp³-hybridized carbons (Fsp3) is 0.200. The second-order valence-electron chi connectivity index (χ2n) is 4.29. The van der Waals surface area contributed by atoms with Gasteiger partial charge in [0.15, 0.2) is 0 Å². The van der Waals surface area contributed by atoms with Crippen molar-refractivity contribution in [3.8, 4) is 6.07 Å². The molecule has 3 heteroatoms. The summed E-state index contributed by atoms with van der Waals surface area (Å²) in [5.74, 6) is 0. The Morgan fingerprint density at radius 2 is 1.78 bits per heavy atom. The lowest BCUT2D eigenvalue weighted by molar-refractivity contribution is 1.03. The minimum atomic E-state index is 0.672. The van der Waals surface area contributed by atoms with E-state index in [1.807, 2.05) is 19.9 Å². The van der Waals surface area contributed by atoms with Crippen molar-refractivity contribution in [1.82, 2.24) is 4.98 Å². The molecule has 0 aliphatic rings. The van der Waals surface area contributed by atoms with Crippen LogP contribution in [0.2, 0.25) is 0 Å². The van der Waals surface area contributed by atoms with E-state index in [0.717, 1.165) is 21.2 Å². The van der Waals surface area contributed by atoms with Crippen molar-refractivity contribution < 1.29 is 0 Å². The predicted molar refractivity (Wildman–Crippen MR) is 73.7 cm³/mol. The minimum absolute atomic E-state index is 0.672. The maximum absolute atomic E-state index is 9.21.